The van der Waals surface area contributed by atoms with Crippen LogP contribution in [0.15, 0.2) is 54.6 Å². The fourth-order valence-corrected chi connectivity index (χ4v) is 2.63. The Morgan fingerprint density at radius 2 is 2.00 bits per heavy atom. The largest absolute Gasteiger partial charge is 0.494 e. The maximum atomic E-state index is 12.5. The predicted octanol–water partition coefficient (Wildman–Crippen LogP) is 3.52. The van der Waals surface area contributed by atoms with Crippen molar-refractivity contribution >= 4 is 23.2 Å². The molecule has 0 aliphatic rings. The van der Waals surface area contributed by atoms with Crippen LogP contribution in [0.2, 0.25) is 0 Å². The summed E-state index contributed by atoms with van der Waals surface area (Å²) in [4.78, 5) is 14.3. The topological polar surface area (TPSA) is 65.4 Å². The van der Waals surface area contributed by atoms with Crippen LogP contribution in [-0.4, -0.2) is 29.1 Å². The van der Waals surface area contributed by atoms with E-state index in [1.54, 1.807) is 24.3 Å². The van der Waals surface area contributed by atoms with Gasteiger partial charge in [0.25, 0.3) is 5.91 Å². The molecule has 2 aromatic rings. The molecule has 2 aromatic carbocycles. The van der Waals surface area contributed by atoms with E-state index in [2.05, 4.69) is 11.4 Å². The van der Waals surface area contributed by atoms with Gasteiger partial charge in [0.1, 0.15) is 5.75 Å². The van der Waals surface area contributed by atoms with E-state index in [0.29, 0.717) is 42.5 Å². The van der Waals surface area contributed by atoms with Crippen LogP contribution < -0.4 is 10.1 Å². The summed E-state index contributed by atoms with van der Waals surface area (Å²) < 4.78 is 5.42. The van der Waals surface area contributed by atoms with Gasteiger partial charge in [0.05, 0.1) is 19.1 Å². The Morgan fingerprint density at radius 1 is 1.23 bits per heavy atom. The Kier molecular flexibility index (Phi) is 7.59. The quantitative estimate of drug-likeness (QED) is 0.759. The Morgan fingerprint density at radius 3 is 2.69 bits per heavy atom. The molecule has 6 heteroatoms. The summed E-state index contributed by atoms with van der Waals surface area (Å²) in [7, 11) is 0. The Labute approximate surface area is 159 Å². The maximum absolute atomic E-state index is 12.5. The minimum Gasteiger partial charge on any atom is -0.494 e. The van der Waals surface area contributed by atoms with Crippen LogP contribution in [0.25, 0.3) is 0 Å². The SMILES string of the molecule is CCOc1cccc(C(=O)NC(=S)N(CCC#N)Cc2ccccc2)c1. The van der Waals surface area contributed by atoms with Gasteiger partial charge in [-0.3, -0.25) is 10.1 Å². The molecule has 134 valence electrons. The summed E-state index contributed by atoms with van der Waals surface area (Å²) in [5.74, 6) is 0.336. The van der Waals surface area contributed by atoms with E-state index in [4.69, 9.17) is 22.2 Å². The van der Waals surface area contributed by atoms with Gasteiger partial charge in [0, 0.05) is 18.7 Å². The van der Waals surface area contributed by atoms with Crippen molar-refractivity contribution in [1.29, 1.82) is 5.26 Å². The fraction of sp³-hybridized carbons (Fsp3) is 0.250. The number of benzene rings is 2. The first-order chi connectivity index (χ1) is 12.6. The number of rotatable bonds is 7. The molecule has 5 nitrogen and oxygen atoms in total. The summed E-state index contributed by atoms with van der Waals surface area (Å²) in [5.41, 5.74) is 1.53. The zero-order valence-electron chi connectivity index (χ0n) is 14.6. The number of nitriles is 1. The monoisotopic (exact) mass is 367 g/mol. The lowest BCUT2D eigenvalue weighted by Crippen LogP contribution is -2.42. The van der Waals surface area contributed by atoms with E-state index >= 15 is 0 Å². The average molecular weight is 367 g/mol. The molecular weight excluding hydrogens is 346 g/mol. The molecular formula is C20H21N3O2S. The van der Waals surface area contributed by atoms with Gasteiger partial charge in [-0.15, -0.1) is 0 Å². The van der Waals surface area contributed by atoms with Gasteiger partial charge in [-0.2, -0.15) is 5.26 Å². The van der Waals surface area contributed by atoms with Gasteiger partial charge in [0.2, 0.25) is 0 Å². The van der Waals surface area contributed by atoms with Crippen LogP contribution in [0.5, 0.6) is 5.75 Å². The van der Waals surface area contributed by atoms with Gasteiger partial charge in [0.15, 0.2) is 5.11 Å². The molecule has 0 aliphatic carbocycles. The van der Waals surface area contributed by atoms with E-state index in [0.717, 1.165) is 5.56 Å². The number of thiocarbonyl (C=S) groups is 1. The van der Waals surface area contributed by atoms with Gasteiger partial charge in [-0.05, 0) is 42.9 Å². The van der Waals surface area contributed by atoms with Crippen LogP contribution in [0, 0.1) is 11.3 Å². The molecule has 0 unspecified atom stereocenters. The van der Waals surface area contributed by atoms with Crippen molar-refractivity contribution in [2.24, 2.45) is 0 Å². The Balaban J connectivity index is 2.06. The summed E-state index contributed by atoms with van der Waals surface area (Å²) in [6, 6.07) is 18.9. The summed E-state index contributed by atoms with van der Waals surface area (Å²) >= 11 is 5.40. The van der Waals surface area contributed by atoms with Crippen molar-refractivity contribution in [2.75, 3.05) is 13.2 Å². The van der Waals surface area contributed by atoms with E-state index in [1.165, 1.54) is 0 Å². The Bertz CT molecular complexity index is 787. The number of carbonyl (C=O) groups is 1. The molecule has 0 atom stereocenters. The van der Waals surface area contributed by atoms with Crippen molar-refractivity contribution in [3.63, 3.8) is 0 Å². The highest BCUT2D eigenvalue weighted by atomic mass is 32.1. The predicted molar refractivity (Wildman–Crippen MR) is 105 cm³/mol. The second-order valence-corrected chi connectivity index (χ2v) is 5.92. The second-order valence-electron chi connectivity index (χ2n) is 5.54. The molecule has 0 bridgehead atoms. The number of ether oxygens (including phenoxy) is 1. The third-order valence-electron chi connectivity index (χ3n) is 3.62. The first-order valence-corrected chi connectivity index (χ1v) is 8.79. The van der Waals surface area contributed by atoms with E-state index in [1.807, 2.05) is 42.2 Å². The highest BCUT2D eigenvalue weighted by molar-refractivity contribution is 7.80. The minimum absolute atomic E-state index is 0.299. The smallest absolute Gasteiger partial charge is 0.257 e. The second kappa shape index (κ2) is 10.2. The van der Waals surface area contributed by atoms with Crippen LogP contribution in [0.3, 0.4) is 0 Å². The average Bonchev–Trinajstić information content (AvgIpc) is 2.66. The van der Waals surface area contributed by atoms with Crippen LogP contribution in [0.4, 0.5) is 0 Å². The summed E-state index contributed by atoms with van der Waals surface area (Å²) in [6.45, 7) is 3.39. The van der Waals surface area contributed by atoms with Gasteiger partial charge < -0.3 is 9.64 Å². The minimum atomic E-state index is -0.299. The number of carbonyl (C=O) groups excluding carboxylic acids is 1. The van der Waals surface area contributed by atoms with Gasteiger partial charge >= 0.3 is 0 Å². The van der Waals surface area contributed by atoms with Gasteiger partial charge in [-0.25, -0.2) is 0 Å². The molecule has 0 aromatic heterocycles. The molecule has 26 heavy (non-hydrogen) atoms. The normalized spacial score (nSPS) is 9.85. The van der Waals surface area contributed by atoms with Crippen molar-refractivity contribution < 1.29 is 9.53 Å². The molecule has 0 saturated heterocycles. The Hall–Kier alpha value is -2.91. The van der Waals surface area contributed by atoms with Crippen LogP contribution in [0.1, 0.15) is 29.3 Å². The molecule has 0 heterocycles. The molecule has 0 radical (unpaired) electrons. The maximum Gasteiger partial charge on any atom is 0.257 e. The third kappa shape index (κ3) is 5.87. The van der Waals surface area contributed by atoms with E-state index in [-0.39, 0.29) is 5.91 Å². The summed E-state index contributed by atoms with van der Waals surface area (Å²) in [6.07, 6.45) is 0.322. The lowest BCUT2D eigenvalue weighted by molar-refractivity contribution is 0.0972. The first-order valence-electron chi connectivity index (χ1n) is 8.38. The number of nitrogens with one attached hydrogen (secondary N) is 1. The van der Waals surface area contributed by atoms with Crippen molar-refractivity contribution in [3.8, 4) is 11.8 Å². The third-order valence-corrected chi connectivity index (χ3v) is 3.98. The molecule has 0 saturated carbocycles. The number of hydrogen-bond donors (Lipinski definition) is 1. The number of hydrogen-bond acceptors (Lipinski definition) is 4. The van der Waals surface area contributed by atoms with Crippen molar-refractivity contribution in [2.45, 2.75) is 19.9 Å². The fourth-order valence-electron chi connectivity index (χ4n) is 2.38. The number of amides is 1. The first kappa shape index (κ1) is 19.4. The number of nitrogens with zero attached hydrogens (tertiary/aromatic N) is 2. The highest BCUT2D eigenvalue weighted by Gasteiger charge is 2.15. The molecule has 2 rings (SSSR count). The van der Waals surface area contributed by atoms with Crippen molar-refractivity contribution in [3.05, 3.63) is 65.7 Å². The van der Waals surface area contributed by atoms with Crippen LogP contribution in [-0.2, 0) is 6.54 Å². The molecule has 0 spiro atoms. The zero-order chi connectivity index (χ0) is 18.8. The van der Waals surface area contributed by atoms with Crippen molar-refractivity contribution in [1.82, 2.24) is 10.2 Å². The molecule has 1 N–H and O–H groups in total. The van der Waals surface area contributed by atoms with Crippen LogP contribution >= 0.6 is 12.2 Å². The lowest BCUT2D eigenvalue weighted by atomic mass is 10.2. The molecule has 0 aliphatic heterocycles. The molecule has 1 amide bonds. The summed E-state index contributed by atoms with van der Waals surface area (Å²) in [5, 5.41) is 11.9. The lowest BCUT2D eigenvalue weighted by Gasteiger charge is -2.24. The van der Waals surface area contributed by atoms with E-state index in [9.17, 15) is 4.79 Å². The highest BCUT2D eigenvalue weighted by Crippen LogP contribution is 2.13. The zero-order valence-corrected chi connectivity index (χ0v) is 15.5. The van der Waals surface area contributed by atoms with E-state index < -0.39 is 0 Å². The van der Waals surface area contributed by atoms with Gasteiger partial charge in [-0.1, -0.05) is 36.4 Å². The standard InChI is InChI=1S/C20H21N3O2S/c1-2-25-18-11-6-10-17(14-18)19(24)22-20(26)23(13-7-12-21)15-16-8-4-3-5-9-16/h3-6,8-11,14H,2,7,13,15H2,1H3,(H,22,24,26). The molecule has 0 fully saturated rings.